The van der Waals surface area contributed by atoms with Crippen LogP contribution in [-0.4, -0.2) is 6.29 Å². The number of aldehydes is 1. The molecule has 0 heterocycles. The minimum atomic E-state index is 0.483. The third kappa shape index (κ3) is 2.63. The summed E-state index contributed by atoms with van der Waals surface area (Å²) in [6, 6.07) is 12.0. The largest absolute Gasteiger partial charge is 0.487 e. The predicted octanol–water partition coefficient (Wildman–Crippen LogP) is 4.33. The fourth-order valence-corrected chi connectivity index (χ4v) is 3.14. The van der Waals surface area contributed by atoms with Crippen LogP contribution in [0.3, 0.4) is 0 Å². The minimum Gasteiger partial charge on any atom is -0.487 e. The van der Waals surface area contributed by atoms with Crippen LogP contribution in [0.2, 0.25) is 0 Å². The van der Waals surface area contributed by atoms with Gasteiger partial charge in [0.1, 0.15) is 12.4 Å². The van der Waals surface area contributed by atoms with Gasteiger partial charge in [-0.15, -0.1) is 0 Å². The first-order chi connectivity index (χ1) is 9.78. The van der Waals surface area contributed by atoms with Crippen molar-refractivity contribution in [3.05, 3.63) is 63.1 Å². The fourth-order valence-electron chi connectivity index (χ4n) is 2.64. The Morgan fingerprint density at radius 1 is 1.15 bits per heavy atom. The van der Waals surface area contributed by atoms with Gasteiger partial charge >= 0.3 is 0 Å². The van der Waals surface area contributed by atoms with Gasteiger partial charge in [0.2, 0.25) is 0 Å². The first kappa shape index (κ1) is 13.4. The molecule has 0 aromatic heterocycles. The maximum Gasteiger partial charge on any atom is 0.153 e. The van der Waals surface area contributed by atoms with Crippen molar-refractivity contribution in [3.63, 3.8) is 0 Å². The number of para-hydroxylation sites is 1. The SMILES string of the molecule is O=Cc1cccc(Br)c1OCc1ccc2c(c1)CCC2. The van der Waals surface area contributed by atoms with Crippen LogP contribution in [0.5, 0.6) is 5.75 Å². The van der Waals surface area contributed by atoms with Crippen LogP contribution in [0.25, 0.3) is 0 Å². The van der Waals surface area contributed by atoms with Gasteiger partial charge in [-0.3, -0.25) is 4.79 Å². The molecule has 0 atom stereocenters. The van der Waals surface area contributed by atoms with E-state index in [4.69, 9.17) is 4.74 Å². The Labute approximate surface area is 126 Å². The minimum absolute atomic E-state index is 0.483. The van der Waals surface area contributed by atoms with Crippen molar-refractivity contribution >= 4 is 22.2 Å². The van der Waals surface area contributed by atoms with Gasteiger partial charge in [0.15, 0.2) is 6.29 Å². The van der Waals surface area contributed by atoms with Crippen LogP contribution in [0.1, 0.15) is 33.5 Å². The normalized spacial score (nSPS) is 13.1. The molecule has 2 nitrogen and oxygen atoms in total. The molecule has 1 aliphatic carbocycles. The van der Waals surface area contributed by atoms with E-state index >= 15 is 0 Å². The summed E-state index contributed by atoms with van der Waals surface area (Å²) in [6.07, 6.45) is 4.43. The number of hydrogen-bond donors (Lipinski definition) is 0. The van der Waals surface area contributed by atoms with Crippen molar-refractivity contribution < 1.29 is 9.53 Å². The summed E-state index contributed by atoms with van der Waals surface area (Å²) in [5.41, 5.74) is 4.62. The van der Waals surface area contributed by atoms with Crippen molar-refractivity contribution in [3.8, 4) is 5.75 Å². The molecule has 0 saturated carbocycles. The molecular formula is C17H15BrO2. The Kier molecular flexibility index (Phi) is 3.88. The number of aryl methyl sites for hydroxylation is 2. The molecule has 2 aromatic rings. The highest BCUT2D eigenvalue weighted by Gasteiger charge is 2.12. The molecule has 20 heavy (non-hydrogen) atoms. The Bertz CT molecular complexity index is 649. The van der Waals surface area contributed by atoms with E-state index in [1.165, 1.54) is 24.0 Å². The summed E-state index contributed by atoms with van der Waals surface area (Å²) in [4.78, 5) is 11.0. The third-order valence-corrected chi connectivity index (χ3v) is 4.29. The van der Waals surface area contributed by atoms with E-state index in [0.717, 1.165) is 22.7 Å². The average molecular weight is 331 g/mol. The Hall–Kier alpha value is -1.61. The highest BCUT2D eigenvalue weighted by molar-refractivity contribution is 9.10. The van der Waals surface area contributed by atoms with E-state index in [2.05, 4.69) is 34.1 Å². The molecule has 0 unspecified atom stereocenters. The molecule has 0 aliphatic heterocycles. The van der Waals surface area contributed by atoms with Crippen molar-refractivity contribution in [1.82, 2.24) is 0 Å². The lowest BCUT2D eigenvalue weighted by molar-refractivity contribution is 0.111. The van der Waals surface area contributed by atoms with E-state index in [-0.39, 0.29) is 0 Å². The zero-order valence-electron chi connectivity index (χ0n) is 11.1. The zero-order chi connectivity index (χ0) is 13.9. The summed E-state index contributed by atoms with van der Waals surface area (Å²) in [7, 11) is 0. The van der Waals surface area contributed by atoms with Gasteiger partial charge in [0, 0.05) is 0 Å². The van der Waals surface area contributed by atoms with Crippen LogP contribution < -0.4 is 4.74 Å². The average Bonchev–Trinajstić information content (AvgIpc) is 2.93. The lowest BCUT2D eigenvalue weighted by Gasteiger charge is -2.11. The maximum atomic E-state index is 11.0. The van der Waals surface area contributed by atoms with Crippen LogP contribution in [0.4, 0.5) is 0 Å². The molecule has 1 aliphatic rings. The molecule has 0 fully saturated rings. The summed E-state index contributed by atoms with van der Waals surface area (Å²) < 4.78 is 6.64. The van der Waals surface area contributed by atoms with Gasteiger partial charge in [0.05, 0.1) is 10.0 Å². The highest BCUT2D eigenvalue weighted by atomic mass is 79.9. The molecule has 0 radical (unpaired) electrons. The van der Waals surface area contributed by atoms with Crippen LogP contribution >= 0.6 is 15.9 Å². The summed E-state index contributed by atoms with van der Waals surface area (Å²) in [5, 5.41) is 0. The lowest BCUT2D eigenvalue weighted by Crippen LogP contribution is -2.00. The van der Waals surface area contributed by atoms with Crippen LogP contribution in [0, 0.1) is 0 Å². The van der Waals surface area contributed by atoms with Crippen molar-refractivity contribution in [2.45, 2.75) is 25.9 Å². The first-order valence-electron chi connectivity index (χ1n) is 6.75. The smallest absolute Gasteiger partial charge is 0.153 e. The van der Waals surface area contributed by atoms with Crippen molar-refractivity contribution in [2.24, 2.45) is 0 Å². The van der Waals surface area contributed by atoms with Gasteiger partial charge in [-0.05, 0) is 64.0 Å². The molecule has 0 amide bonds. The molecule has 0 bridgehead atoms. The van der Waals surface area contributed by atoms with Gasteiger partial charge in [-0.25, -0.2) is 0 Å². The predicted molar refractivity (Wildman–Crippen MR) is 82.3 cm³/mol. The number of hydrogen-bond acceptors (Lipinski definition) is 2. The Morgan fingerprint density at radius 3 is 2.85 bits per heavy atom. The summed E-state index contributed by atoms with van der Waals surface area (Å²) in [6.45, 7) is 0.483. The molecule has 0 spiro atoms. The van der Waals surface area contributed by atoms with Gasteiger partial charge in [-0.1, -0.05) is 24.3 Å². The lowest BCUT2D eigenvalue weighted by atomic mass is 10.1. The quantitative estimate of drug-likeness (QED) is 0.780. The van der Waals surface area contributed by atoms with E-state index in [0.29, 0.717) is 17.9 Å². The third-order valence-electron chi connectivity index (χ3n) is 3.67. The number of carbonyl (C=O) groups excluding carboxylic acids is 1. The second-order valence-corrected chi connectivity index (χ2v) is 5.88. The highest BCUT2D eigenvalue weighted by Crippen LogP contribution is 2.29. The fraction of sp³-hybridized carbons (Fsp3) is 0.235. The Balaban J connectivity index is 1.78. The molecule has 0 N–H and O–H groups in total. The van der Waals surface area contributed by atoms with E-state index in [1.807, 2.05) is 12.1 Å². The number of rotatable bonds is 4. The molecule has 0 saturated heterocycles. The summed E-state index contributed by atoms with van der Waals surface area (Å²) >= 11 is 3.43. The second-order valence-electron chi connectivity index (χ2n) is 5.02. The van der Waals surface area contributed by atoms with Crippen molar-refractivity contribution in [2.75, 3.05) is 0 Å². The van der Waals surface area contributed by atoms with E-state index < -0.39 is 0 Å². The van der Waals surface area contributed by atoms with Gasteiger partial charge < -0.3 is 4.74 Å². The maximum absolute atomic E-state index is 11.0. The van der Waals surface area contributed by atoms with Gasteiger partial charge in [0.25, 0.3) is 0 Å². The Morgan fingerprint density at radius 2 is 2.00 bits per heavy atom. The number of fused-ring (bicyclic) bond motifs is 1. The van der Waals surface area contributed by atoms with E-state index in [1.54, 1.807) is 6.07 Å². The zero-order valence-corrected chi connectivity index (χ0v) is 12.7. The van der Waals surface area contributed by atoms with E-state index in [9.17, 15) is 4.79 Å². The number of benzene rings is 2. The molecule has 102 valence electrons. The number of carbonyl (C=O) groups is 1. The molecule has 3 heteroatoms. The standard InChI is InChI=1S/C17H15BrO2/c18-16-6-2-5-15(10-19)17(16)20-11-12-7-8-13-3-1-4-14(13)9-12/h2,5-10H,1,3-4,11H2. The summed E-state index contributed by atoms with van der Waals surface area (Å²) in [5.74, 6) is 0.614. The number of halogens is 1. The molecule has 3 rings (SSSR count). The molecular weight excluding hydrogens is 316 g/mol. The monoisotopic (exact) mass is 330 g/mol. The number of ether oxygens (including phenoxy) is 1. The van der Waals surface area contributed by atoms with Gasteiger partial charge in [-0.2, -0.15) is 0 Å². The van der Waals surface area contributed by atoms with Crippen molar-refractivity contribution in [1.29, 1.82) is 0 Å². The first-order valence-corrected chi connectivity index (χ1v) is 7.54. The van der Waals surface area contributed by atoms with Crippen LogP contribution in [-0.2, 0) is 19.4 Å². The van der Waals surface area contributed by atoms with Crippen LogP contribution in [0.15, 0.2) is 40.9 Å². The topological polar surface area (TPSA) is 26.3 Å². The second kappa shape index (κ2) is 5.80. The molecule has 2 aromatic carbocycles.